The zero-order valence-electron chi connectivity index (χ0n) is 17.4. The number of hydrogen-bond donors (Lipinski definition) is 1. The Morgan fingerprint density at radius 2 is 1.73 bits per heavy atom. The zero-order chi connectivity index (χ0) is 21.3. The summed E-state index contributed by atoms with van der Waals surface area (Å²) in [6.07, 6.45) is 2.78. The lowest BCUT2D eigenvalue weighted by atomic mass is 10.1. The summed E-state index contributed by atoms with van der Waals surface area (Å²) in [6.45, 7) is 4.92. The predicted molar refractivity (Wildman–Crippen MR) is 123 cm³/mol. The van der Waals surface area contributed by atoms with Gasteiger partial charge in [0.2, 0.25) is 5.91 Å². The number of nitrogens with zero attached hydrogens (tertiary/aromatic N) is 2. The highest BCUT2D eigenvalue weighted by atomic mass is 32.2. The number of carbonyl (C=O) groups is 2. The van der Waals surface area contributed by atoms with Gasteiger partial charge in [0.15, 0.2) is 5.78 Å². The van der Waals surface area contributed by atoms with Gasteiger partial charge in [-0.1, -0.05) is 30.3 Å². The first-order valence-electron chi connectivity index (χ1n) is 10.3. The lowest BCUT2D eigenvalue weighted by Crippen LogP contribution is -2.46. The van der Waals surface area contributed by atoms with Crippen molar-refractivity contribution >= 4 is 33.9 Å². The van der Waals surface area contributed by atoms with E-state index >= 15 is 0 Å². The fraction of sp³-hybridized carbons (Fsp3) is 0.391. The van der Waals surface area contributed by atoms with E-state index in [0.29, 0.717) is 17.7 Å². The van der Waals surface area contributed by atoms with E-state index in [4.69, 9.17) is 0 Å². The van der Waals surface area contributed by atoms with Crippen molar-refractivity contribution in [3.8, 4) is 0 Å². The standard InChI is InChI=1S/C23H29N3O3S/c1-30(29)18-23(28)24-20-8-5-7-19(17-20)22(27)11-6-12-25-13-15-26(16-14-25)21-9-3-2-4-10-21/h2-5,7-10,17H,6,11-16,18H2,1H3,(H,24,28). The maximum absolute atomic E-state index is 12.6. The zero-order valence-corrected chi connectivity index (χ0v) is 18.2. The molecule has 1 unspecified atom stereocenters. The molecule has 1 aliphatic rings. The third-order valence-electron chi connectivity index (χ3n) is 5.17. The number of nitrogens with one attached hydrogen (secondary N) is 1. The van der Waals surface area contributed by atoms with E-state index in [0.717, 1.165) is 39.1 Å². The highest BCUT2D eigenvalue weighted by Gasteiger charge is 2.17. The molecule has 1 saturated heterocycles. The molecule has 1 aliphatic heterocycles. The first kappa shape index (κ1) is 22.2. The van der Waals surface area contributed by atoms with Gasteiger partial charge in [0.25, 0.3) is 0 Å². The largest absolute Gasteiger partial charge is 0.369 e. The van der Waals surface area contributed by atoms with Crippen LogP contribution >= 0.6 is 0 Å². The van der Waals surface area contributed by atoms with Crippen molar-refractivity contribution in [3.05, 3.63) is 60.2 Å². The number of anilines is 2. The minimum atomic E-state index is -1.19. The van der Waals surface area contributed by atoms with Crippen LogP contribution in [0.3, 0.4) is 0 Å². The Morgan fingerprint density at radius 1 is 1.00 bits per heavy atom. The maximum Gasteiger partial charge on any atom is 0.236 e. The second-order valence-corrected chi connectivity index (χ2v) is 8.97. The number of hydrogen-bond acceptors (Lipinski definition) is 5. The summed E-state index contributed by atoms with van der Waals surface area (Å²) in [5, 5.41) is 2.70. The number of para-hydroxylation sites is 1. The summed E-state index contributed by atoms with van der Waals surface area (Å²) in [4.78, 5) is 29.1. The minimum absolute atomic E-state index is 0.0459. The molecule has 3 rings (SSSR count). The van der Waals surface area contributed by atoms with Crippen molar-refractivity contribution in [2.24, 2.45) is 0 Å². The molecule has 1 atom stereocenters. The van der Waals surface area contributed by atoms with E-state index in [2.05, 4.69) is 39.4 Å². The van der Waals surface area contributed by atoms with Crippen LogP contribution in [0.1, 0.15) is 23.2 Å². The Bertz CT molecular complexity index is 880. The first-order chi connectivity index (χ1) is 14.5. The first-order valence-corrected chi connectivity index (χ1v) is 12.0. The Hall–Kier alpha value is -2.51. The number of Topliss-reactive ketones (excluding diaryl/α,β-unsaturated/α-hetero) is 1. The highest BCUT2D eigenvalue weighted by molar-refractivity contribution is 7.85. The maximum atomic E-state index is 12.6. The van der Waals surface area contributed by atoms with Crippen LogP contribution in [0.25, 0.3) is 0 Å². The average molecular weight is 428 g/mol. The Kier molecular flexibility index (Phi) is 8.16. The minimum Gasteiger partial charge on any atom is -0.369 e. The summed E-state index contributed by atoms with van der Waals surface area (Å²) in [5.41, 5.74) is 2.43. The van der Waals surface area contributed by atoms with Crippen LogP contribution < -0.4 is 10.2 Å². The molecule has 160 valence electrons. The summed E-state index contributed by atoms with van der Waals surface area (Å²) < 4.78 is 11.1. The van der Waals surface area contributed by atoms with E-state index in [1.807, 2.05) is 6.07 Å². The number of benzene rings is 2. The predicted octanol–water partition coefficient (Wildman–Crippen LogP) is 2.79. The summed E-state index contributed by atoms with van der Waals surface area (Å²) in [6, 6.07) is 17.4. The van der Waals surface area contributed by atoms with Crippen LogP contribution in [0, 0.1) is 0 Å². The third-order valence-corrected chi connectivity index (χ3v) is 5.84. The van der Waals surface area contributed by atoms with Crippen molar-refractivity contribution in [2.45, 2.75) is 12.8 Å². The van der Waals surface area contributed by atoms with Crippen LogP contribution in [0.15, 0.2) is 54.6 Å². The van der Waals surface area contributed by atoms with Crippen LogP contribution in [0.4, 0.5) is 11.4 Å². The lowest BCUT2D eigenvalue weighted by Gasteiger charge is -2.36. The van der Waals surface area contributed by atoms with E-state index in [9.17, 15) is 13.8 Å². The van der Waals surface area contributed by atoms with Gasteiger partial charge in [-0.25, -0.2) is 0 Å². The van der Waals surface area contributed by atoms with Crippen molar-refractivity contribution in [1.82, 2.24) is 4.90 Å². The van der Waals surface area contributed by atoms with Crippen LogP contribution in [0.2, 0.25) is 0 Å². The van der Waals surface area contributed by atoms with Gasteiger partial charge in [-0.05, 0) is 37.2 Å². The molecule has 7 heteroatoms. The highest BCUT2D eigenvalue weighted by Crippen LogP contribution is 2.17. The fourth-order valence-corrected chi connectivity index (χ4v) is 4.07. The molecule has 2 aromatic rings. The van der Waals surface area contributed by atoms with Crippen LogP contribution in [0.5, 0.6) is 0 Å². The van der Waals surface area contributed by atoms with Gasteiger partial charge >= 0.3 is 0 Å². The van der Waals surface area contributed by atoms with E-state index in [1.165, 1.54) is 11.9 Å². The van der Waals surface area contributed by atoms with Gasteiger partial charge in [0.05, 0.1) is 0 Å². The molecule has 1 heterocycles. The van der Waals surface area contributed by atoms with Crippen LogP contribution in [-0.2, 0) is 15.6 Å². The Labute approximate surface area is 180 Å². The van der Waals surface area contributed by atoms with E-state index in [-0.39, 0.29) is 17.4 Å². The molecule has 0 radical (unpaired) electrons. The summed E-state index contributed by atoms with van der Waals surface area (Å²) in [5.74, 6) is -0.279. The molecular weight excluding hydrogens is 398 g/mol. The molecule has 0 bridgehead atoms. The summed E-state index contributed by atoms with van der Waals surface area (Å²) >= 11 is 0. The number of rotatable bonds is 9. The normalized spacial score (nSPS) is 15.6. The molecule has 1 fully saturated rings. The van der Waals surface area contributed by atoms with Gasteiger partial charge in [-0.3, -0.25) is 18.7 Å². The molecule has 0 spiro atoms. The van der Waals surface area contributed by atoms with Gasteiger partial charge in [0.1, 0.15) is 5.75 Å². The molecule has 1 N–H and O–H groups in total. The van der Waals surface area contributed by atoms with Gasteiger partial charge in [-0.2, -0.15) is 0 Å². The SMILES string of the molecule is CS(=O)CC(=O)Nc1cccc(C(=O)CCCN2CCN(c3ccccc3)CC2)c1. The van der Waals surface area contributed by atoms with Crippen molar-refractivity contribution in [2.75, 3.05) is 54.9 Å². The molecular formula is C23H29N3O3S. The van der Waals surface area contributed by atoms with Crippen LogP contribution in [-0.4, -0.2) is 65.5 Å². The second-order valence-electron chi connectivity index (χ2n) is 7.54. The quantitative estimate of drug-likeness (QED) is 0.623. The third kappa shape index (κ3) is 6.78. The second kappa shape index (κ2) is 11.0. The average Bonchev–Trinajstić information content (AvgIpc) is 2.74. The molecule has 0 aromatic heterocycles. The molecule has 1 amide bonds. The Morgan fingerprint density at radius 3 is 2.43 bits per heavy atom. The van der Waals surface area contributed by atoms with E-state index < -0.39 is 10.8 Å². The number of amides is 1. The van der Waals surface area contributed by atoms with Crippen molar-refractivity contribution < 1.29 is 13.8 Å². The lowest BCUT2D eigenvalue weighted by molar-refractivity contribution is -0.113. The van der Waals surface area contributed by atoms with Gasteiger partial charge < -0.3 is 10.2 Å². The molecule has 0 aliphatic carbocycles. The molecule has 2 aromatic carbocycles. The van der Waals surface area contributed by atoms with Crippen molar-refractivity contribution in [3.63, 3.8) is 0 Å². The topological polar surface area (TPSA) is 69.7 Å². The van der Waals surface area contributed by atoms with Gasteiger partial charge in [0, 0.05) is 66.6 Å². The molecule has 30 heavy (non-hydrogen) atoms. The van der Waals surface area contributed by atoms with E-state index in [1.54, 1.807) is 24.3 Å². The fourth-order valence-electron chi connectivity index (χ4n) is 3.63. The number of piperazine rings is 1. The number of ketones is 1. The molecule has 0 saturated carbocycles. The van der Waals surface area contributed by atoms with Gasteiger partial charge in [-0.15, -0.1) is 0 Å². The van der Waals surface area contributed by atoms with Crippen molar-refractivity contribution in [1.29, 1.82) is 0 Å². The molecule has 6 nitrogen and oxygen atoms in total. The Balaban J connectivity index is 1.41. The number of carbonyl (C=O) groups excluding carboxylic acids is 2. The summed E-state index contributed by atoms with van der Waals surface area (Å²) in [7, 11) is -1.19. The smallest absolute Gasteiger partial charge is 0.236 e. The monoisotopic (exact) mass is 427 g/mol.